The molecule has 1 aromatic carbocycles. The number of nitrogens with one attached hydrogen (secondary N) is 2. The lowest BCUT2D eigenvalue weighted by molar-refractivity contribution is 0.456. The Hall–Kier alpha value is -1.07. The summed E-state index contributed by atoms with van der Waals surface area (Å²) in [5.41, 5.74) is 2.20. The molecule has 1 aromatic rings. The first-order valence-corrected chi connectivity index (χ1v) is 9.51. The van der Waals surface area contributed by atoms with E-state index in [9.17, 15) is 8.42 Å². The molecule has 4 aliphatic rings. The molecule has 3 fully saturated rings. The summed E-state index contributed by atoms with van der Waals surface area (Å²) in [6.07, 6.45) is 4.95. The Morgan fingerprint density at radius 1 is 1.14 bits per heavy atom. The van der Waals surface area contributed by atoms with Gasteiger partial charge in [0.2, 0.25) is 10.0 Å². The summed E-state index contributed by atoms with van der Waals surface area (Å²) in [5, 5.41) is 3.25. The molecule has 21 heavy (non-hydrogen) atoms. The molecule has 0 saturated heterocycles. The summed E-state index contributed by atoms with van der Waals surface area (Å²) >= 11 is 0. The maximum Gasteiger partial charge on any atom is 0.240 e. The van der Waals surface area contributed by atoms with E-state index in [1.54, 1.807) is 12.1 Å². The highest BCUT2D eigenvalue weighted by Crippen LogP contribution is 2.65. The molecule has 1 aliphatic heterocycles. The van der Waals surface area contributed by atoms with Gasteiger partial charge in [-0.15, -0.1) is 0 Å². The van der Waals surface area contributed by atoms with Crippen LogP contribution in [0.2, 0.25) is 0 Å². The number of fused-ring (bicyclic) bond motifs is 6. The topological polar surface area (TPSA) is 58.2 Å². The van der Waals surface area contributed by atoms with Crippen LogP contribution in [0.5, 0.6) is 0 Å². The van der Waals surface area contributed by atoms with Crippen LogP contribution in [0.4, 0.5) is 5.69 Å². The van der Waals surface area contributed by atoms with Crippen molar-refractivity contribution in [3.05, 3.63) is 23.8 Å². The smallest absolute Gasteiger partial charge is 0.240 e. The number of sulfonamides is 1. The van der Waals surface area contributed by atoms with E-state index in [1.165, 1.54) is 24.8 Å². The molecule has 3 saturated carbocycles. The highest BCUT2D eigenvalue weighted by atomic mass is 32.2. The fourth-order valence-electron chi connectivity index (χ4n) is 5.17. The van der Waals surface area contributed by atoms with Crippen molar-refractivity contribution < 1.29 is 8.42 Å². The molecule has 2 bridgehead atoms. The van der Waals surface area contributed by atoms with Gasteiger partial charge in [-0.1, -0.05) is 6.07 Å². The van der Waals surface area contributed by atoms with Crippen molar-refractivity contribution in [1.82, 2.24) is 4.72 Å². The highest BCUT2D eigenvalue weighted by molar-refractivity contribution is 7.89. The van der Waals surface area contributed by atoms with E-state index < -0.39 is 10.0 Å². The van der Waals surface area contributed by atoms with Crippen molar-refractivity contribution in [2.45, 2.75) is 36.6 Å². The first-order chi connectivity index (χ1) is 10.1. The van der Waals surface area contributed by atoms with E-state index in [1.807, 2.05) is 6.07 Å². The van der Waals surface area contributed by atoms with Crippen LogP contribution in [0.25, 0.3) is 0 Å². The molecule has 112 valence electrons. The van der Waals surface area contributed by atoms with Gasteiger partial charge in [0.1, 0.15) is 0 Å². The van der Waals surface area contributed by atoms with E-state index in [0.29, 0.717) is 16.7 Å². The summed E-state index contributed by atoms with van der Waals surface area (Å²) in [6.45, 7) is 0.905. The SMILES string of the molecule is O=S(=O)(NC1C2C3CCC(C3)C12)c1ccc2c(c1)NCC2. The Morgan fingerprint density at radius 2 is 1.90 bits per heavy atom. The summed E-state index contributed by atoms with van der Waals surface area (Å²) < 4.78 is 28.2. The van der Waals surface area contributed by atoms with Gasteiger partial charge in [0, 0.05) is 18.3 Å². The van der Waals surface area contributed by atoms with E-state index in [4.69, 9.17) is 0 Å². The van der Waals surface area contributed by atoms with Crippen molar-refractivity contribution in [3.8, 4) is 0 Å². The second kappa shape index (κ2) is 4.02. The van der Waals surface area contributed by atoms with Crippen LogP contribution < -0.4 is 10.0 Å². The van der Waals surface area contributed by atoms with Crippen molar-refractivity contribution in [1.29, 1.82) is 0 Å². The lowest BCUT2D eigenvalue weighted by Crippen LogP contribution is -2.30. The fraction of sp³-hybridized carbons (Fsp3) is 0.625. The minimum absolute atomic E-state index is 0.211. The molecule has 1 heterocycles. The van der Waals surface area contributed by atoms with Gasteiger partial charge in [-0.2, -0.15) is 0 Å². The van der Waals surface area contributed by atoms with Crippen molar-refractivity contribution in [2.75, 3.05) is 11.9 Å². The number of hydrogen-bond donors (Lipinski definition) is 2. The monoisotopic (exact) mass is 304 g/mol. The van der Waals surface area contributed by atoms with Crippen molar-refractivity contribution >= 4 is 15.7 Å². The van der Waals surface area contributed by atoms with Crippen LogP contribution in [0.15, 0.2) is 23.1 Å². The van der Waals surface area contributed by atoms with E-state index in [2.05, 4.69) is 10.0 Å². The number of hydrogen-bond acceptors (Lipinski definition) is 3. The largest absolute Gasteiger partial charge is 0.384 e. The third-order valence-corrected chi connectivity index (χ3v) is 7.58. The van der Waals surface area contributed by atoms with Crippen LogP contribution in [-0.2, 0) is 16.4 Å². The quantitative estimate of drug-likeness (QED) is 0.898. The summed E-state index contributed by atoms with van der Waals surface area (Å²) in [7, 11) is -3.37. The van der Waals surface area contributed by atoms with Gasteiger partial charge in [0.15, 0.2) is 0 Å². The third-order valence-electron chi connectivity index (χ3n) is 6.13. The van der Waals surface area contributed by atoms with Crippen molar-refractivity contribution in [2.24, 2.45) is 23.7 Å². The van der Waals surface area contributed by atoms with E-state index in [0.717, 1.165) is 30.5 Å². The molecule has 4 nitrogen and oxygen atoms in total. The van der Waals surface area contributed by atoms with Crippen LogP contribution in [-0.4, -0.2) is 21.0 Å². The second-order valence-electron chi connectivity index (χ2n) is 7.13. The standard InChI is InChI=1S/C16H20N2O2S/c19-21(20,12-4-3-9-5-6-17-13(9)8-12)18-16-14-10-1-2-11(7-10)15(14)16/h3-4,8,10-11,14-18H,1-2,5-7H2. The molecule has 3 aliphatic carbocycles. The predicted octanol–water partition coefficient (Wildman–Crippen LogP) is 1.98. The summed E-state index contributed by atoms with van der Waals surface area (Å²) in [6, 6.07) is 5.70. The lowest BCUT2D eigenvalue weighted by atomic mass is 10.0. The van der Waals surface area contributed by atoms with Gasteiger partial charge in [0.25, 0.3) is 0 Å². The molecule has 5 heteroatoms. The van der Waals surface area contributed by atoms with Gasteiger partial charge < -0.3 is 5.32 Å². The summed E-state index contributed by atoms with van der Waals surface area (Å²) in [5.74, 6) is 2.83. The molecular weight excluding hydrogens is 284 g/mol. The lowest BCUT2D eigenvalue weighted by Gasteiger charge is -2.12. The molecule has 5 rings (SSSR count). The minimum Gasteiger partial charge on any atom is -0.384 e. The Kier molecular flexibility index (Phi) is 2.38. The molecular formula is C16H20N2O2S. The summed E-state index contributed by atoms with van der Waals surface area (Å²) in [4.78, 5) is 0.410. The Balaban J connectivity index is 1.39. The van der Waals surface area contributed by atoms with Gasteiger partial charge in [-0.3, -0.25) is 0 Å². The number of benzene rings is 1. The molecule has 2 N–H and O–H groups in total. The first kappa shape index (κ1) is 12.5. The van der Waals surface area contributed by atoms with Gasteiger partial charge in [-0.05, 0) is 67.1 Å². The molecule has 0 aromatic heterocycles. The molecule has 4 unspecified atom stereocenters. The fourth-order valence-corrected chi connectivity index (χ4v) is 6.50. The highest BCUT2D eigenvalue weighted by Gasteiger charge is 2.65. The Labute approximate surface area is 125 Å². The average molecular weight is 304 g/mol. The minimum atomic E-state index is -3.37. The maximum absolute atomic E-state index is 12.6. The van der Waals surface area contributed by atoms with Gasteiger partial charge in [0.05, 0.1) is 4.90 Å². The molecule has 0 spiro atoms. The van der Waals surface area contributed by atoms with Crippen LogP contribution in [0, 0.1) is 23.7 Å². The van der Waals surface area contributed by atoms with Crippen LogP contribution >= 0.6 is 0 Å². The van der Waals surface area contributed by atoms with Crippen LogP contribution in [0.3, 0.4) is 0 Å². The normalized spacial score (nSPS) is 39.0. The van der Waals surface area contributed by atoms with E-state index in [-0.39, 0.29) is 6.04 Å². The number of rotatable bonds is 3. The molecule has 4 atom stereocenters. The zero-order chi connectivity index (χ0) is 14.2. The van der Waals surface area contributed by atoms with Crippen molar-refractivity contribution in [3.63, 3.8) is 0 Å². The van der Waals surface area contributed by atoms with Gasteiger partial charge >= 0.3 is 0 Å². The van der Waals surface area contributed by atoms with E-state index >= 15 is 0 Å². The zero-order valence-electron chi connectivity index (χ0n) is 11.9. The zero-order valence-corrected chi connectivity index (χ0v) is 12.7. The second-order valence-corrected chi connectivity index (χ2v) is 8.84. The van der Waals surface area contributed by atoms with Gasteiger partial charge in [-0.25, -0.2) is 13.1 Å². The predicted molar refractivity (Wildman–Crippen MR) is 80.6 cm³/mol. The molecule has 0 radical (unpaired) electrons. The van der Waals surface area contributed by atoms with Crippen LogP contribution in [0.1, 0.15) is 24.8 Å². The Morgan fingerprint density at radius 3 is 2.67 bits per heavy atom. The Bertz CT molecular complexity index is 699. The number of anilines is 1. The first-order valence-electron chi connectivity index (χ1n) is 8.03. The average Bonchev–Trinajstić information content (AvgIpc) is 2.93. The maximum atomic E-state index is 12.6. The molecule has 0 amide bonds. The third kappa shape index (κ3) is 1.73.